The molecular weight excluding hydrogens is 448 g/mol. The minimum Gasteiger partial charge on any atom is -0.415 e. The molecule has 0 amide bonds. The molecule has 4 rings (SSSR count). The molecule has 7 nitrogen and oxygen atoms in total. The lowest BCUT2D eigenvalue weighted by Gasteiger charge is -2.30. The predicted octanol–water partition coefficient (Wildman–Crippen LogP) is 6.57. The van der Waals surface area contributed by atoms with Crippen molar-refractivity contribution in [2.75, 3.05) is 33.2 Å². The standard InChI is InChI=1S/C23H25NO6P2/c1-24(2)18-15-13-17(14-16-18)23(31(25,27-3)28-4)32(26)29-21-11-7-5-9-19(21)20-10-6-8-12-22(20)30-32/h5-16,23H,1-4H3. The zero-order valence-electron chi connectivity index (χ0n) is 18.3. The van der Waals surface area contributed by atoms with Gasteiger partial charge in [0, 0.05) is 45.1 Å². The van der Waals surface area contributed by atoms with Crippen LogP contribution in [0.4, 0.5) is 5.69 Å². The largest absolute Gasteiger partial charge is 0.450 e. The van der Waals surface area contributed by atoms with Crippen molar-refractivity contribution in [3.63, 3.8) is 0 Å². The van der Waals surface area contributed by atoms with Crippen LogP contribution < -0.4 is 13.9 Å². The molecule has 1 aliphatic rings. The number of nitrogens with zero attached hydrogens (tertiary/aromatic N) is 1. The maximum absolute atomic E-state index is 14.5. The van der Waals surface area contributed by atoms with Crippen molar-refractivity contribution in [1.82, 2.24) is 0 Å². The van der Waals surface area contributed by atoms with Gasteiger partial charge in [0.25, 0.3) is 0 Å². The van der Waals surface area contributed by atoms with Crippen LogP contribution in [0.2, 0.25) is 0 Å². The van der Waals surface area contributed by atoms with Gasteiger partial charge in [-0.05, 0) is 29.8 Å². The third-order valence-electron chi connectivity index (χ3n) is 5.33. The highest BCUT2D eigenvalue weighted by atomic mass is 31.2. The van der Waals surface area contributed by atoms with Crippen LogP contribution in [-0.4, -0.2) is 28.3 Å². The Labute approximate surface area is 188 Å². The van der Waals surface area contributed by atoms with E-state index in [1.807, 2.05) is 55.4 Å². The van der Waals surface area contributed by atoms with Gasteiger partial charge < -0.3 is 23.0 Å². The van der Waals surface area contributed by atoms with E-state index in [9.17, 15) is 9.13 Å². The highest BCUT2D eigenvalue weighted by Gasteiger charge is 2.55. The third kappa shape index (κ3) is 3.98. The summed E-state index contributed by atoms with van der Waals surface area (Å²) in [6.45, 7) is 0. The van der Waals surface area contributed by atoms with E-state index in [0.29, 0.717) is 17.1 Å². The fourth-order valence-corrected chi connectivity index (χ4v) is 8.65. The monoisotopic (exact) mass is 473 g/mol. The van der Waals surface area contributed by atoms with Gasteiger partial charge >= 0.3 is 15.2 Å². The van der Waals surface area contributed by atoms with Gasteiger partial charge in [-0.2, -0.15) is 0 Å². The lowest BCUT2D eigenvalue weighted by atomic mass is 10.0. The van der Waals surface area contributed by atoms with Gasteiger partial charge in [-0.25, -0.2) is 4.57 Å². The van der Waals surface area contributed by atoms with E-state index in [0.717, 1.165) is 16.8 Å². The molecule has 0 saturated heterocycles. The first kappa shape index (κ1) is 22.6. The summed E-state index contributed by atoms with van der Waals surface area (Å²) < 4.78 is 50.9. The van der Waals surface area contributed by atoms with Crippen molar-refractivity contribution in [1.29, 1.82) is 0 Å². The van der Waals surface area contributed by atoms with Crippen molar-refractivity contribution >= 4 is 20.9 Å². The van der Waals surface area contributed by atoms with Crippen LogP contribution in [0, 0.1) is 0 Å². The van der Waals surface area contributed by atoms with Crippen LogP contribution in [0.3, 0.4) is 0 Å². The Bertz CT molecular complexity index is 1150. The first-order valence-corrected chi connectivity index (χ1v) is 13.2. The van der Waals surface area contributed by atoms with E-state index in [2.05, 4.69) is 0 Å². The Hall–Kier alpha value is -2.56. The van der Waals surface area contributed by atoms with Crippen molar-refractivity contribution in [3.8, 4) is 22.6 Å². The minimum atomic E-state index is -4.17. The van der Waals surface area contributed by atoms with Crippen LogP contribution in [0.25, 0.3) is 11.1 Å². The Kier molecular flexibility index (Phi) is 6.19. The number of hydrogen-bond acceptors (Lipinski definition) is 7. The van der Waals surface area contributed by atoms with Gasteiger partial charge in [0.15, 0.2) is 0 Å². The van der Waals surface area contributed by atoms with Crippen LogP contribution >= 0.6 is 15.2 Å². The Balaban J connectivity index is 1.93. The molecule has 1 aliphatic heterocycles. The highest BCUT2D eigenvalue weighted by molar-refractivity contribution is 7.72. The molecule has 0 aliphatic carbocycles. The Morgan fingerprint density at radius 3 is 1.72 bits per heavy atom. The van der Waals surface area contributed by atoms with Gasteiger partial charge in [-0.15, -0.1) is 0 Å². The van der Waals surface area contributed by atoms with Gasteiger partial charge in [0.2, 0.25) is 5.40 Å². The molecule has 3 aromatic carbocycles. The summed E-state index contributed by atoms with van der Waals surface area (Å²) in [6, 6.07) is 21.6. The van der Waals surface area contributed by atoms with Crippen LogP contribution in [-0.2, 0) is 18.2 Å². The summed E-state index contributed by atoms with van der Waals surface area (Å²) >= 11 is 0. The molecule has 0 N–H and O–H groups in total. The summed E-state index contributed by atoms with van der Waals surface area (Å²) in [6.07, 6.45) is 0. The summed E-state index contributed by atoms with van der Waals surface area (Å²) in [5.41, 5.74) is 2.84. The first-order chi connectivity index (χ1) is 15.3. The second-order valence-corrected chi connectivity index (χ2v) is 12.2. The first-order valence-electron chi connectivity index (χ1n) is 9.97. The smallest absolute Gasteiger partial charge is 0.415 e. The molecule has 0 aromatic heterocycles. The molecule has 0 radical (unpaired) electrons. The summed E-state index contributed by atoms with van der Waals surface area (Å²) in [5, 5.41) is -1.31. The quantitative estimate of drug-likeness (QED) is 0.375. The van der Waals surface area contributed by atoms with E-state index in [4.69, 9.17) is 18.1 Å². The molecule has 32 heavy (non-hydrogen) atoms. The zero-order chi connectivity index (χ0) is 22.9. The zero-order valence-corrected chi connectivity index (χ0v) is 20.1. The van der Waals surface area contributed by atoms with Crippen LogP contribution in [0.15, 0.2) is 72.8 Å². The highest BCUT2D eigenvalue weighted by Crippen LogP contribution is 2.78. The van der Waals surface area contributed by atoms with Gasteiger partial charge in [-0.1, -0.05) is 48.5 Å². The molecule has 1 atom stereocenters. The predicted molar refractivity (Wildman–Crippen MR) is 126 cm³/mol. The molecule has 0 spiro atoms. The van der Waals surface area contributed by atoms with Crippen LogP contribution in [0.1, 0.15) is 11.0 Å². The average molecular weight is 473 g/mol. The normalized spacial score (nSPS) is 15.4. The van der Waals surface area contributed by atoms with E-state index >= 15 is 0 Å². The Morgan fingerprint density at radius 1 is 0.812 bits per heavy atom. The Morgan fingerprint density at radius 2 is 1.28 bits per heavy atom. The SMILES string of the molecule is COP(=O)(OC)C(c1ccc(N(C)C)cc1)P1(=O)Oc2ccccc2-c2ccccc2O1. The van der Waals surface area contributed by atoms with E-state index in [1.165, 1.54) is 14.2 Å². The molecule has 9 heteroatoms. The average Bonchev–Trinajstić information content (AvgIpc) is 2.92. The molecule has 3 aromatic rings. The maximum Gasteiger partial charge on any atom is 0.450 e. The molecule has 1 heterocycles. The maximum atomic E-state index is 14.5. The fourth-order valence-electron chi connectivity index (χ4n) is 3.69. The van der Waals surface area contributed by atoms with Gasteiger partial charge in [0.1, 0.15) is 11.5 Å². The summed E-state index contributed by atoms with van der Waals surface area (Å²) in [4.78, 5) is 1.93. The minimum absolute atomic E-state index is 0.370. The van der Waals surface area contributed by atoms with Crippen molar-refractivity contribution in [3.05, 3.63) is 78.4 Å². The van der Waals surface area contributed by atoms with Crippen molar-refractivity contribution < 1.29 is 27.2 Å². The van der Waals surface area contributed by atoms with Crippen molar-refractivity contribution in [2.24, 2.45) is 0 Å². The third-order valence-corrected chi connectivity index (χ3v) is 10.7. The molecule has 168 valence electrons. The van der Waals surface area contributed by atoms with Crippen molar-refractivity contribution in [2.45, 2.75) is 5.40 Å². The number of rotatable bonds is 6. The lowest BCUT2D eigenvalue weighted by Crippen LogP contribution is -2.13. The summed E-state index contributed by atoms with van der Waals surface area (Å²) in [7, 11) is -1.78. The number of para-hydroxylation sites is 2. The molecule has 1 unspecified atom stereocenters. The molecular formula is C23H25NO6P2. The molecule has 0 bridgehead atoms. The number of hydrogen-bond donors (Lipinski definition) is 0. The van der Waals surface area contributed by atoms with E-state index < -0.39 is 20.6 Å². The second kappa shape index (κ2) is 8.76. The van der Waals surface area contributed by atoms with Gasteiger partial charge in [-0.3, -0.25) is 4.57 Å². The number of fused-ring (bicyclic) bond motifs is 3. The topological polar surface area (TPSA) is 74.3 Å². The number of benzene rings is 3. The molecule has 0 saturated carbocycles. The molecule has 0 fully saturated rings. The summed E-state index contributed by atoms with van der Waals surface area (Å²) in [5.74, 6) is 0.740. The van der Waals surface area contributed by atoms with E-state index in [-0.39, 0.29) is 0 Å². The fraction of sp³-hybridized carbons (Fsp3) is 0.217. The van der Waals surface area contributed by atoms with E-state index in [1.54, 1.807) is 36.4 Å². The van der Waals surface area contributed by atoms with Crippen LogP contribution in [0.5, 0.6) is 11.5 Å². The lowest BCUT2D eigenvalue weighted by molar-refractivity contribution is 0.268. The van der Waals surface area contributed by atoms with Gasteiger partial charge in [0.05, 0.1) is 0 Å². The second-order valence-electron chi connectivity index (χ2n) is 7.48. The number of anilines is 1.